The molecule has 2 bridgehead atoms. The van der Waals surface area contributed by atoms with E-state index in [0.717, 1.165) is 86.1 Å². The van der Waals surface area contributed by atoms with Gasteiger partial charge in [-0.3, -0.25) is 28.8 Å². The predicted octanol–water partition coefficient (Wildman–Crippen LogP) is 5.45. The summed E-state index contributed by atoms with van der Waals surface area (Å²) in [4.78, 5) is 69.6. The number of carbonyl (C=O) groups excluding carboxylic acids is 3. The van der Waals surface area contributed by atoms with Crippen molar-refractivity contribution in [1.29, 1.82) is 0 Å². The van der Waals surface area contributed by atoms with Gasteiger partial charge in [-0.05, 0) is 98.8 Å². The highest BCUT2D eigenvalue weighted by Gasteiger charge is 2.72. The van der Waals surface area contributed by atoms with Crippen molar-refractivity contribution in [2.45, 2.75) is 95.1 Å². The van der Waals surface area contributed by atoms with Gasteiger partial charge in [-0.2, -0.15) is 4.98 Å². The minimum atomic E-state index is -0.648. The van der Waals surface area contributed by atoms with Gasteiger partial charge < -0.3 is 19.7 Å². The number of hydrogen-bond donors (Lipinski definition) is 2. The first-order chi connectivity index (χ1) is 27.0. The van der Waals surface area contributed by atoms with Gasteiger partial charge in [-0.15, -0.1) is 0 Å². The van der Waals surface area contributed by atoms with Crippen molar-refractivity contribution in [2.75, 3.05) is 37.4 Å². The number of amides is 3. The summed E-state index contributed by atoms with van der Waals surface area (Å²) >= 11 is 0. The number of piperidine rings is 2. The Morgan fingerprint density at radius 2 is 1.71 bits per heavy atom. The van der Waals surface area contributed by atoms with Crippen LogP contribution in [0.25, 0.3) is 17.1 Å². The highest BCUT2D eigenvalue weighted by atomic mass is 16.2. The molecule has 4 aromatic heterocycles. The second-order valence-corrected chi connectivity index (χ2v) is 17.7. The van der Waals surface area contributed by atoms with Crippen molar-refractivity contribution < 1.29 is 14.4 Å². The van der Waals surface area contributed by atoms with E-state index in [-0.39, 0.29) is 47.2 Å². The van der Waals surface area contributed by atoms with E-state index in [1.165, 1.54) is 19.3 Å². The van der Waals surface area contributed by atoms with Crippen molar-refractivity contribution in [3.8, 4) is 0 Å². The fourth-order valence-electron chi connectivity index (χ4n) is 11.7. The molecule has 292 valence electrons. The van der Waals surface area contributed by atoms with E-state index < -0.39 is 6.04 Å². The van der Waals surface area contributed by atoms with Crippen LogP contribution >= 0.6 is 0 Å². The first-order valence-corrected chi connectivity index (χ1v) is 20.4. The van der Waals surface area contributed by atoms with Gasteiger partial charge in [-0.1, -0.05) is 18.9 Å². The van der Waals surface area contributed by atoms with E-state index in [9.17, 15) is 19.2 Å². The molecule has 6 heterocycles. The third-order valence-electron chi connectivity index (χ3n) is 14.3. The van der Waals surface area contributed by atoms with Crippen molar-refractivity contribution in [3.05, 3.63) is 64.2 Å². The molecule has 2 atom stereocenters. The Labute approximate surface area is 325 Å². The van der Waals surface area contributed by atoms with Crippen LogP contribution in [0.1, 0.15) is 117 Å². The molecule has 1 unspecified atom stereocenters. The zero-order valence-electron chi connectivity index (χ0n) is 32.5. The topological polar surface area (TPSA) is 152 Å². The normalized spacial score (nSPS) is 27.5. The molecule has 2 N–H and O–H groups in total. The number of nitrogens with one attached hydrogen (secondary N) is 2. The summed E-state index contributed by atoms with van der Waals surface area (Å²) in [6.07, 6.45) is 19.8. The zero-order chi connectivity index (χ0) is 38.5. The van der Waals surface area contributed by atoms with Crippen LogP contribution in [0.4, 0.5) is 17.5 Å². The Kier molecular flexibility index (Phi) is 8.09. The quantitative estimate of drug-likeness (QED) is 0.224. The van der Waals surface area contributed by atoms with Crippen molar-refractivity contribution >= 4 is 52.3 Å². The summed E-state index contributed by atoms with van der Waals surface area (Å²) in [7, 11) is 5.41. The highest BCUT2D eigenvalue weighted by Crippen LogP contribution is 2.81. The van der Waals surface area contributed by atoms with Gasteiger partial charge in [0.25, 0.3) is 5.91 Å². The monoisotopic (exact) mass is 758 g/mol. The molecule has 0 spiro atoms. The lowest BCUT2D eigenvalue weighted by Crippen LogP contribution is -2.68. The van der Waals surface area contributed by atoms with E-state index in [4.69, 9.17) is 9.97 Å². The molecule has 11 rings (SSSR count). The lowest BCUT2D eigenvalue weighted by Gasteiger charge is -2.76. The van der Waals surface area contributed by atoms with E-state index in [0.29, 0.717) is 35.2 Å². The lowest BCUT2D eigenvalue weighted by atomic mass is 9.28. The van der Waals surface area contributed by atoms with E-state index >= 15 is 0 Å². The minimum Gasteiger partial charge on any atom is -0.370 e. The molecule has 4 saturated carbocycles. The molecule has 14 heteroatoms. The number of imidazole rings is 1. The maximum atomic E-state index is 13.6. The summed E-state index contributed by atoms with van der Waals surface area (Å²) in [6.45, 7) is 2.00. The maximum absolute atomic E-state index is 13.6. The van der Waals surface area contributed by atoms with Crippen LogP contribution in [0, 0.1) is 16.7 Å². The number of rotatable bonds is 8. The molecule has 56 heavy (non-hydrogen) atoms. The molecule has 4 aromatic rings. The molecule has 0 radical (unpaired) electrons. The number of fused-ring (bicyclic) bond motifs is 2. The van der Waals surface area contributed by atoms with Crippen molar-refractivity contribution in [2.24, 2.45) is 23.8 Å². The van der Waals surface area contributed by atoms with Gasteiger partial charge in [0.1, 0.15) is 23.2 Å². The molecule has 6 fully saturated rings. The van der Waals surface area contributed by atoms with Gasteiger partial charge >= 0.3 is 5.69 Å². The number of anilines is 3. The van der Waals surface area contributed by atoms with Crippen LogP contribution < -0.4 is 21.2 Å². The fraction of sp³-hybridized carbons (Fsp3) is 0.548. The predicted molar refractivity (Wildman–Crippen MR) is 212 cm³/mol. The zero-order valence-corrected chi connectivity index (χ0v) is 32.5. The fourth-order valence-corrected chi connectivity index (χ4v) is 11.7. The van der Waals surface area contributed by atoms with Gasteiger partial charge in [0.15, 0.2) is 0 Å². The molecule has 7 aliphatic rings. The Bertz CT molecular complexity index is 2340. The third kappa shape index (κ3) is 5.37. The van der Waals surface area contributed by atoms with Crippen LogP contribution in [0.3, 0.4) is 0 Å². The molecule has 2 saturated heterocycles. The molecule has 3 amide bonds. The molecule has 2 aliphatic heterocycles. The largest absolute Gasteiger partial charge is 0.370 e. The third-order valence-corrected chi connectivity index (χ3v) is 14.3. The van der Waals surface area contributed by atoms with Gasteiger partial charge in [0, 0.05) is 69.9 Å². The number of imide groups is 1. The summed E-state index contributed by atoms with van der Waals surface area (Å²) < 4.78 is 5.54. The summed E-state index contributed by atoms with van der Waals surface area (Å²) in [5.41, 5.74) is 4.91. The average Bonchev–Trinajstić information content (AvgIpc) is 3.88. The smallest absolute Gasteiger partial charge is 0.329 e. The summed E-state index contributed by atoms with van der Waals surface area (Å²) in [5.74, 6) is 1.42. The number of nitrogens with zero attached hydrogens (tertiary/aromatic N) is 8. The van der Waals surface area contributed by atoms with Crippen molar-refractivity contribution in [3.63, 3.8) is 0 Å². The highest BCUT2D eigenvalue weighted by molar-refractivity contribution is 5.99. The first-order valence-electron chi connectivity index (χ1n) is 20.4. The minimum absolute atomic E-state index is 0.0235. The van der Waals surface area contributed by atoms with Gasteiger partial charge in [0.2, 0.25) is 17.8 Å². The van der Waals surface area contributed by atoms with E-state index in [1.807, 2.05) is 31.5 Å². The van der Waals surface area contributed by atoms with Gasteiger partial charge in [-0.25, -0.2) is 14.8 Å². The van der Waals surface area contributed by atoms with Crippen molar-refractivity contribution in [1.82, 2.24) is 38.9 Å². The standard InChI is InChI=1S/C42H50N10O4/c1-48(2)38(55)32-19-25-20-44-39(47-36(25)51(32)27-7-4-5-8-27)45-33-13-11-28(21-43-33)50-17-15-26(16-18-50)41-22-42(23-41,24-41)29-9-6-10-30-35(29)49(3)40(56)52(30)31-12-14-34(53)46-37(31)54/h6,10-11,13,19-21,26-27,29,31H,4-5,7-9,12,14-18,22-24H2,1-3H3,(H,46,53,54)(H,43,44,45,47)/t29?,31-,41?,42?/m1/s1. The van der Waals surface area contributed by atoms with E-state index in [2.05, 4.69) is 37.2 Å². The van der Waals surface area contributed by atoms with Crippen LogP contribution in [0.15, 0.2) is 41.5 Å². The Morgan fingerprint density at radius 3 is 2.41 bits per heavy atom. The maximum Gasteiger partial charge on any atom is 0.329 e. The lowest BCUT2D eigenvalue weighted by molar-refractivity contribution is -0.252. The summed E-state index contributed by atoms with van der Waals surface area (Å²) in [5, 5.41) is 6.60. The second-order valence-electron chi connectivity index (χ2n) is 17.7. The number of carbonyl (C=O) groups is 3. The Hall–Kier alpha value is -5.27. The Morgan fingerprint density at radius 1 is 0.946 bits per heavy atom. The van der Waals surface area contributed by atoms with Crippen LogP contribution in [0.5, 0.6) is 0 Å². The molecule has 0 aromatic carbocycles. The summed E-state index contributed by atoms with van der Waals surface area (Å²) in [6, 6.07) is 5.64. The number of pyridine rings is 1. The number of hydrogen-bond acceptors (Lipinski definition) is 9. The van der Waals surface area contributed by atoms with Crippen LogP contribution in [0.2, 0.25) is 0 Å². The molecule has 5 aliphatic carbocycles. The number of aromatic nitrogens is 6. The molecule has 14 nitrogen and oxygen atoms in total. The second kappa shape index (κ2) is 12.9. The number of allylic oxidation sites excluding steroid dienone is 1. The average molecular weight is 759 g/mol. The van der Waals surface area contributed by atoms with Gasteiger partial charge in [0.05, 0.1) is 17.6 Å². The van der Waals surface area contributed by atoms with Crippen LogP contribution in [-0.4, -0.2) is 78.5 Å². The van der Waals surface area contributed by atoms with E-state index in [1.54, 1.807) is 34.3 Å². The van der Waals surface area contributed by atoms with Crippen LogP contribution in [-0.2, 0) is 16.6 Å². The first kappa shape index (κ1) is 35.2. The molecular weight excluding hydrogens is 709 g/mol. The Balaban J connectivity index is 0.780. The SMILES string of the molecule is CN(C)C(=O)c1cc2cnc(Nc3ccc(N4CCC(C56CC(C7CC=Cc8c7n(C)c(=O)n8[C@@H]7CCC(=O)NC7=O)(C5)C6)CC4)cn3)nc2n1C1CCCC1. The molecular formula is C42H50N10O4.